The van der Waals surface area contributed by atoms with Gasteiger partial charge >= 0.3 is 0 Å². The Hall–Kier alpha value is -1.84. The average molecular weight is 188 g/mol. The first-order chi connectivity index (χ1) is 6.77. The van der Waals surface area contributed by atoms with Gasteiger partial charge in [0.05, 0.1) is 6.54 Å². The van der Waals surface area contributed by atoms with Gasteiger partial charge in [-0.05, 0) is 24.1 Å². The van der Waals surface area contributed by atoms with E-state index in [1.807, 2.05) is 30.0 Å². The van der Waals surface area contributed by atoms with E-state index < -0.39 is 0 Å². The number of rotatable bonds is 2. The maximum atomic E-state index is 5.67. The van der Waals surface area contributed by atoms with Crippen molar-refractivity contribution in [2.75, 3.05) is 5.73 Å². The highest BCUT2D eigenvalue weighted by Crippen LogP contribution is 2.09. The molecule has 0 amide bonds. The predicted octanol–water partition coefficient (Wildman–Crippen LogP) is 1.22. The Morgan fingerprint density at radius 3 is 2.93 bits per heavy atom. The SMILES string of the molecule is Cc1cnccc1Cn1ccnc1N. The minimum Gasteiger partial charge on any atom is -0.369 e. The fourth-order valence-corrected chi connectivity index (χ4v) is 1.34. The summed E-state index contributed by atoms with van der Waals surface area (Å²) < 4.78 is 1.91. The Morgan fingerprint density at radius 2 is 2.29 bits per heavy atom. The van der Waals surface area contributed by atoms with Gasteiger partial charge in [-0.3, -0.25) is 4.98 Å². The third-order valence-corrected chi connectivity index (χ3v) is 2.22. The number of anilines is 1. The molecule has 0 aliphatic carbocycles. The Balaban J connectivity index is 2.28. The Kier molecular flexibility index (Phi) is 2.18. The van der Waals surface area contributed by atoms with Crippen molar-refractivity contribution in [3.63, 3.8) is 0 Å². The molecule has 0 radical (unpaired) electrons. The topological polar surface area (TPSA) is 56.7 Å². The molecule has 4 heteroatoms. The monoisotopic (exact) mass is 188 g/mol. The van der Waals surface area contributed by atoms with Gasteiger partial charge in [-0.1, -0.05) is 0 Å². The largest absolute Gasteiger partial charge is 0.369 e. The predicted molar refractivity (Wildman–Crippen MR) is 54.7 cm³/mol. The number of aryl methyl sites for hydroxylation is 1. The summed E-state index contributed by atoms with van der Waals surface area (Å²) in [7, 11) is 0. The van der Waals surface area contributed by atoms with Crippen molar-refractivity contribution in [3.05, 3.63) is 42.0 Å². The van der Waals surface area contributed by atoms with E-state index in [-0.39, 0.29) is 0 Å². The van der Waals surface area contributed by atoms with Crippen molar-refractivity contribution >= 4 is 5.95 Å². The second-order valence-electron chi connectivity index (χ2n) is 3.22. The lowest BCUT2D eigenvalue weighted by Crippen LogP contribution is -2.04. The first kappa shape index (κ1) is 8.74. The van der Waals surface area contributed by atoms with Crippen LogP contribution in [0.2, 0.25) is 0 Å². The van der Waals surface area contributed by atoms with Crippen molar-refractivity contribution in [3.8, 4) is 0 Å². The molecule has 4 nitrogen and oxygen atoms in total. The number of imidazole rings is 1. The Bertz CT molecular complexity index is 433. The number of nitrogens with zero attached hydrogens (tertiary/aromatic N) is 3. The normalized spacial score (nSPS) is 10.4. The zero-order valence-electron chi connectivity index (χ0n) is 8.01. The van der Waals surface area contributed by atoms with Crippen LogP contribution in [0.4, 0.5) is 5.95 Å². The fourth-order valence-electron chi connectivity index (χ4n) is 1.34. The molecule has 2 rings (SSSR count). The molecule has 72 valence electrons. The Morgan fingerprint density at radius 1 is 1.43 bits per heavy atom. The molecule has 0 aliphatic rings. The molecule has 2 N–H and O–H groups in total. The van der Waals surface area contributed by atoms with Gasteiger partial charge < -0.3 is 10.3 Å². The molecule has 0 aliphatic heterocycles. The molecule has 0 unspecified atom stereocenters. The van der Waals surface area contributed by atoms with Gasteiger partial charge in [0.1, 0.15) is 0 Å². The quantitative estimate of drug-likeness (QED) is 0.770. The molecule has 14 heavy (non-hydrogen) atoms. The van der Waals surface area contributed by atoms with Gasteiger partial charge in [0.15, 0.2) is 5.95 Å². The van der Waals surface area contributed by atoms with Gasteiger partial charge in [0.2, 0.25) is 0 Å². The van der Waals surface area contributed by atoms with Crippen LogP contribution in [-0.4, -0.2) is 14.5 Å². The summed E-state index contributed by atoms with van der Waals surface area (Å²) in [5, 5.41) is 0. The molecule has 0 atom stereocenters. The van der Waals surface area contributed by atoms with Crippen LogP contribution in [0.15, 0.2) is 30.9 Å². The molecule has 0 saturated carbocycles. The standard InChI is InChI=1S/C10H12N4/c1-8-6-12-3-2-9(8)7-14-5-4-13-10(14)11/h2-6H,7H2,1H3,(H2,11,13). The average Bonchev–Trinajstić information content (AvgIpc) is 2.56. The van der Waals surface area contributed by atoms with E-state index in [1.165, 1.54) is 11.1 Å². The molecule has 2 heterocycles. The lowest BCUT2D eigenvalue weighted by Gasteiger charge is -2.06. The van der Waals surface area contributed by atoms with E-state index in [1.54, 1.807) is 12.4 Å². The summed E-state index contributed by atoms with van der Waals surface area (Å²) in [6.45, 7) is 2.79. The molecule has 0 bridgehead atoms. The highest BCUT2D eigenvalue weighted by Gasteiger charge is 2.01. The van der Waals surface area contributed by atoms with E-state index in [0.29, 0.717) is 5.95 Å². The first-order valence-electron chi connectivity index (χ1n) is 4.43. The number of nitrogen functional groups attached to an aromatic ring is 1. The first-order valence-corrected chi connectivity index (χ1v) is 4.43. The molecule has 2 aromatic heterocycles. The fraction of sp³-hybridized carbons (Fsp3) is 0.200. The van der Waals surface area contributed by atoms with Crippen LogP contribution in [-0.2, 0) is 6.54 Å². The molecule has 0 spiro atoms. The number of hydrogen-bond acceptors (Lipinski definition) is 3. The van der Waals surface area contributed by atoms with Crippen molar-refractivity contribution in [1.29, 1.82) is 0 Å². The molecular weight excluding hydrogens is 176 g/mol. The minimum absolute atomic E-state index is 0.543. The van der Waals surface area contributed by atoms with Gasteiger partial charge in [-0.25, -0.2) is 4.98 Å². The van der Waals surface area contributed by atoms with Crippen LogP contribution in [0.1, 0.15) is 11.1 Å². The van der Waals surface area contributed by atoms with Crippen LogP contribution in [0.3, 0.4) is 0 Å². The Labute approximate surface area is 82.4 Å². The molecule has 0 fully saturated rings. The van der Waals surface area contributed by atoms with Crippen LogP contribution in [0.25, 0.3) is 0 Å². The van der Waals surface area contributed by atoms with Crippen molar-refractivity contribution in [1.82, 2.24) is 14.5 Å². The third-order valence-electron chi connectivity index (χ3n) is 2.22. The smallest absolute Gasteiger partial charge is 0.200 e. The van der Waals surface area contributed by atoms with Crippen molar-refractivity contribution in [2.45, 2.75) is 13.5 Å². The number of pyridine rings is 1. The van der Waals surface area contributed by atoms with Gasteiger partial charge in [0, 0.05) is 24.8 Å². The van der Waals surface area contributed by atoms with E-state index in [2.05, 4.69) is 9.97 Å². The van der Waals surface area contributed by atoms with E-state index in [9.17, 15) is 0 Å². The summed E-state index contributed by atoms with van der Waals surface area (Å²) in [5.74, 6) is 0.543. The lowest BCUT2D eigenvalue weighted by molar-refractivity contribution is 0.803. The number of aromatic nitrogens is 3. The molecule has 2 aromatic rings. The molecular formula is C10H12N4. The summed E-state index contributed by atoms with van der Waals surface area (Å²) >= 11 is 0. The summed E-state index contributed by atoms with van der Waals surface area (Å²) in [4.78, 5) is 8.01. The maximum Gasteiger partial charge on any atom is 0.200 e. The van der Waals surface area contributed by atoms with E-state index >= 15 is 0 Å². The molecule has 0 saturated heterocycles. The zero-order chi connectivity index (χ0) is 9.97. The number of hydrogen-bond donors (Lipinski definition) is 1. The second-order valence-corrected chi connectivity index (χ2v) is 3.22. The van der Waals surface area contributed by atoms with Gasteiger partial charge in [0.25, 0.3) is 0 Å². The van der Waals surface area contributed by atoms with Crippen LogP contribution in [0.5, 0.6) is 0 Å². The lowest BCUT2D eigenvalue weighted by atomic mass is 10.1. The zero-order valence-corrected chi connectivity index (χ0v) is 8.01. The molecule has 0 aromatic carbocycles. The van der Waals surface area contributed by atoms with E-state index in [0.717, 1.165) is 6.54 Å². The summed E-state index contributed by atoms with van der Waals surface area (Å²) in [6, 6.07) is 1.99. The van der Waals surface area contributed by atoms with E-state index in [4.69, 9.17) is 5.73 Å². The van der Waals surface area contributed by atoms with Crippen LogP contribution < -0.4 is 5.73 Å². The minimum atomic E-state index is 0.543. The van der Waals surface area contributed by atoms with Crippen LogP contribution >= 0.6 is 0 Å². The highest BCUT2D eigenvalue weighted by molar-refractivity contribution is 5.25. The van der Waals surface area contributed by atoms with Crippen molar-refractivity contribution in [2.24, 2.45) is 0 Å². The third kappa shape index (κ3) is 1.59. The van der Waals surface area contributed by atoms with Gasteiger partial charge in [-0.2, -0.15) is 0 Å². The summed E-state index contributed by atoms with van der Waals surface area (Å²) in [6.07, 6.45) is 7.21. The highest BCUT2D eigenvalue weighted by atomic mass is 15.1. The van der Waals surface area contributed by atoms with Crippen LogP contribution in [0, 0.1) is 6.92 Å². The van der Waals surface area contributed by atoms with Gasteiger partial charge in [-0.15, -0.1) is 0 Å². The summed E-state index contributed by atoms with van der Waals surface area (Å²) in [5.41, 5.74) is 8.05. The second kappa shape index (κ2) is 3.49. The van der Waals surface area contributed by atoms with Crippen molar-refractivity contribution < 1.29 is 0 Å². The maximum absolute atomic E-state index is 5.67. The number of nitrogens with two attached hydrogens (primary N) is 1.